The average molecular weight is 300 g/mol. The fourth-order valence-electron chi connectivity index (χ4n) is 2.25. The summed E-state index contributed by atoms with van der Waals surface area (Å²) in [7, 11) is 0. The van der Waals surface area contributed by atoms with Gasteiger partial charge in [0.25, 0.3) is 0 Å². The van der Waals surface area contributed by atoms with Gasteiger partial charge in [-0.2, -0.15) is 0 Å². The van der Waals surface area contributed by atoms with Crippen molar-refractivity contribution in [3.8, 4) is 5.75 Å². The van der Waals surface area contributed by atoms with Crippen molar-refractivity contribution in [2.75, 3.05) is 19.7 Å². The van der Waals surface area contributed by atoms with Crippen LogP contribution in [0.5, 0.6) is 5.75 Å². The molecular weight excluding hydrogens is 286 g/mol. The van der Waals surface area contributed by atoms with Crippen LogP contribution < -0.4 is 4.74 Å². The van der Waals surface area contributed by atoms with Crippen LogP contribution in [0, 0.1) is 0 Å². The summed E-state index contributed by atoms with van der Waals surface area (Å²) in [5.41, 5.74) is 1.69. The summed E-state index contributed by atoms with van der Waals surface area (Å²) in [6, 6.07) is 3.49. The molecule has 7 heteroatoms. The number of carbonyl (C=O) groups is 2. The molecule has 0 atom stereocenters. The molecule has 0 amide bonds. The maximum Gasteiger partial charge on any atom is 0.317 e. The lowest BCUT2D eigenvalue weighted by Gasteiger charge is -2.19. The van der Waals surface area contributed by atoms with Crippen LogP contribution in [-0.4, -0.2) is 46.7 Å². The minimum Gasteiger partial charge on any atom is -0.493 e. The molecule has 1 aliphatic rings. The molecule has 0 radical (unpaired) electrons. The van der Waals surface area contributed by atoms with E-state index in [4.69, 9.17) is 26.6 Å². The van der Waals surface area contributed by atoms with Crippen molar-refractivity contribution in [3.63, 3.8) is 0 Å². The number of nitrogens with zero attached hydrogens (tertiary/aromatic N) is 1. The van der Waals surface area contributed by atoms with E-state index in [1.807, 2.05) is 6.07 Å². The summed E-state index contributed by atoms with van der Waals surface area (Å²) in [6.45, 7) is 0.0171. The van der Waals surface area contributed by atoms with Crippen LogP contribution in [0.3, 0.4) is 0 Å². The van der Waals surface area contributed by atoms with Crippen molar-refractivity contribution in [1.29, 1.82) is 0 Å². The summed E-state index contributed by atoms with van der Waals surface area (Å²) < 4.78 is 5.52. The number of hydrogen-bond donors (Lipinski definition) is 2. The van der Waals surface area contributed by atoms with Crippen molar-refractivity contribution in [2.24, 2.45) is 0 Å². The van der Waals surface area contributed by atoms with Crippen LogP contribution in [0.4, 0.5) is 0 Å². The van der Waals surface area contributed by atoms with Crippen LogP contribution in [-0.2, 0) is 22.6 Å². The number of halogens is 1. The Hall–Kier alpha value is -1.79. The van der Waals surface area contributed by atoms with E-state index < -0.39 is 11.9 Å². The molecule has 1 heterocycles. The second-order valence-corrected chi connectivity index (χ2v) is 5.02. The highest BCUT2D eigenvalue weighted by atomic mass is 35.5. The highest BCUT2D eigenvalue weighted by Gasteiger charge is 2.21. The Morgan fingerprint density at radius 3 is 2.50 bits per heavy atom. The number of aliphatic carboxylic acids is 2. The van der Waals surface area contributed by atoms with Crippen molar-refractivity contribution >= 4 is 23.5 Å². The molecule has 0 aromatic heterocycles. The standard InChI is InChI=1S/C13H14ClNO5/c14-10-3-8-1-2-20-13(8)9(4-10)5-15(6-11(16)17)7-12(18)19/h3-4H,1-2,5-7H2,(H,16,17)(H,18,19). The Bertz CT molecular complexity index is 530. The molecule has 0 fully saturated rings. The fourth-order valence-corrected chi connectivity index (χ4v) is 2.52. The monoisotopic (exact) mass is 299 g/mol. The van der Waals surface area contributed by atoms with Crippen LogP contribution >= 0.6 is 11.6 Å². The van der Waals surface area contributed by atoms with Gasteiger partial charge in [-0.1, -0.05) is 11.6 Å². The molecule has 0 saturated carbocycles. The highest BCUT2D eigenvalue weighted by molar-refractivity contribution is 6.30. The first-order valence-corrected chi connectivity index (χ1v) is 6.43. The van der Waals surface area contributed by atoms with Gasteiger partial charge >= 0.3 is 11.9 Å². The molecule has 0 aliphatic carbocycles. The number of fused-ring (bicyclic) bond motifs is 1. The first kappa shape index (κ1) is 14.6. The number of ether oxygens (including phenoxy) is 1. The molecule has 108 valence electrons. The first-order chi connectivity index (χ1) is 9.45. The van der Waals surface area contributed by atoms with E-state index in [-0.39, 0.29) is 19.6 Å². The van der Waals surface area contributed by atoms with Gasteiger partial charge in [0.15, 0.2) is 0 Å². The van der Waals surface area contributed by atoms with Crippen molar-refractivity contribution in [3.05, 3.63) is 28.3 Å². The van der Waals surface area contributed by atoms with Crippen molar-refractivity contribution < 1.29 is 24.5 Å². The van der Waals surface area contributed by atoms with E-state index in [9.17, 15) is 9.59 Å². The SMILES string of the molecule is O=C(O)CN(CC(=O)O)Cc1cc(Cl)cc2c1OCC2. The summed E-state index contributed by atoms with van der Waals surface area (Å²) in [4.78, 5) is 22.9. The molecular formula is C13H14ClNO5. The molecule has 0 spiro atoms. The van der Waals surface area contributed by atoms with Crippen LogP contribution in [0.1, 0.15) is 11.1 Å². The topological polar surface area (TPSA) is 87.1 Å². The molecule has 2 rings (SSSR count). The summed E-state index contributed by atoms with van der Waals surface area (Å²) in [5.74, 6) is -1.47. The lowest BCUT2D eigenvalue weighted by Crippen LogP contribution is -2.34. The number of rotatable bonds is 6. The molecule has 0 unspecified atom stereocenters. The van der Waals surface area contributed by atoms with Gasteiger partial charge in [-0.3, -0.25) is 14.5 Å². The Kier molecular flexibility index (Phi) is 4.46. The maximum absolute atomic E-state index is 10.8. The third kappa shape index (κ3) is 3.61. The largest absolute Gasteiger partial charge is 0.493 e. The second-order valence-electron chi connectivity index (χ2n) is 4.58. The summed E-state index contributed by atoms with van der Waals surface area (Å²) >= 11 is 6.02. The van der Waals surface area contributed by atoms with Gasteiger partial charge in [-0.05, 0) is 17.7 Å². The quantitative estimate of drug-likeness (QED) is 0.822. The third-order valence-electron chi connectivity index (χ3n) is 2.94. The van der Waals surface area contributed by atoms with Gasteiger partial charge in [0.2, 0.25) is 0 Å². The average Bonchev–Trinajstić information content (AvgIpc) is 2.74. The predicted octanol–water partition coefficient (Wildman–Crippen LogP) is 1.25. The molecule has 1 aromatic carbocycles. The predicted molar refractivity (Wildman–Crippen MR) is 71.2 cm³/mol. The molecule has 2 N–H and O–H groups in total. The van der Waals surface area contributed by atoms with Gasteiger partial charge in [-0.25, -0.2) is 0 Å². The van der Waals surface area contributed by atoms with E-state index in [1.165, 1.54) is 4.90 Å². The molecule has 0 saturated heterocycles. The van der Waals surface area contributed by atoms with E-state index in [1.54, 1.807) is 6.07 Å². The van der Waals surface area contributed by atoms with E-state index in [2.05, 4.69) is 0 Å². The minimum absolute atomic E-state index is 0.168. The molecule has 6 nitrogen and oxygen atoms in total. The third-order valence-corrected chi connectivity index (χ3v) is 3.16. The minimum atomic E-state index is -1.08. The van der Waals surface area contributed by atoms with Gasteiger partial charge in [0.05, 0.1) is 19.7 Å². The van der Waals surface area contributed by atoms with Gasteiger partial charge in [0, 0.05) is 23.6 Å². The van der Waals surface area contributed by atoms with Gasteiger partial charge < -0.3 is 14.9 Å². The van der Waals surface area contributed by atoms with E-state index >= 15 is 0 Å². The van der Waals surface area contributed by atoms with Crippen LogP contribution in [0.15, 0.2) is 12.1 Å². The Labute approximate surface area is 120 Å². The zero-order chi connectivity index (χ0) is 14.7. The second kappa shape index (κ2) is 6.11. The van der Waals surface area contributed by atoms with E-state index in [0.29, 0.717) is 22.9 Å². The molecule has 1 aliphatic heterocycles. The zero-order valence-corrected chi connectivity index (χ0v) is 11.4. The van der Waals surface area contributed by atoms with E-state index in [0.717, 1.165) is 12.0 Å². The van der Waals surface area contributed by atoms with Gasteiger partial charge in [-0.15, -0.1) is 0 Å². The Balaban J connectivity index is 2.21. The van der Waals surface area contributed by atoms with Crippen LogP contribution in [0.25, 0.3) is 0 Å². The maximum atomic E-state index is 10.8. The fraction of sp³-hybridized carbons (Fsp3) is 0.385. The number of carboxylic acids is 2. The normalized spacial score (nSPS) is 13.1. The summed E-state index contributed by atoms with van der Waals surface area (Å²) in [5, 5.41) is 18.2. The molecule has 20 heavy (non-hydrogen) atoms. The molecule has 1 aromatic rings. The number of benzene rings is 1. The Morgan fingerprint density at radius 1 is 1.25 bits per heavy atom. The van der Waals surface area contributed by atoms with Crippen molar-refractivity contribution in [2.45, 2.75) is 13.0 Å². The number of carboxylic acid groups (broad SMARTS) is 2. The van der Waals surface area contributed by atoms with Gasteiger partial charge in [0.1, 0.15) is 5.75 Å². The lowest BCUT2D eigenvalue weighted by atomic mass is 10.1. The Morgan fingerprint density at radius 2 is 1.90 bits per heavy atom. The molecule has 0 bridgehead atoms. The zero-order valence-electron chi connectivity index (χ0n) is 10.6. The number of hydrogen-bond acceptors (Lipinski definition) is 4. The lowest BCUT2D eigenvalue weighted by molar-refractivity contribution is -0.142. The van der Waals surface area contributed by atoms with Crippen LogP contribution in [0.2, 0.25) is 5.02 Å². The first-order valence-electron chi connectivity index (χ1n) is 6.05. The highest BCUT2D eigenvalue weighted by Crippen LogP contribution is 2.33. The summed E-state index contributed by atoms with van der Waals surface area (Å²) in [6.07, 6.45) is 0.751. The smallest absolute Gasteiger partial charge is 0.317 e. The van der Waals surface area contributed by atoms with Crippen molar-refractivity contribution in [1.82, 2.24) is 4.90 Å².